The molecule has 1 rings (SSSR count). The third kappa shape index (κ3) is 5.02. The lowest BCUT2D eigenvalue weighted by Gasteiger charge is -2.21. The number of aliphatic hydroxyl groups excluding tert-OH is 1. The molecule has 0 aromatic heterocycles. The van der Waals surface area contributed by atoms with Crippen LogP contribution in [0.5, 0.6) is 11.5 Å². The van der Waals surface area contributed by atoms with E-state index < -0.39 is 6.10 Å². The summed E-state index contributed by atoms with van der Waals surface area (Å²) in [6.45, 7) is 9.58. The Morgan fingerprint density at radius 2 is 1.90 bits per heavy atom. The molecule has 0 spiro atoms. The first-order chi connectivity index (χ1) is 9.45. The molecule has 20 heavy (non-hydrogen) atoms. The van der Waals surface area contributed by atoms with Crippen LogP contribution in [0, 0.1) is 5.92 Å². The zero-order valence-electron chi connectivity index (χ0n) is 13.1. The molecule has 0 aliphatic carbocycles. The second-order valence-corrected chi connectivity index (χ2v) is 5.54. The van der Waals surface area contributed by atoms with E-state index >= 15 is 0 Å². The van der Waals surface area contributed by atoms with Gasteiger partial charge in [-0.05, 0) is 32.4 Å². The van der Waals surface area contributed by atoms with E-state index in [9.17, 15) is 5.11 Å². The summed E-state index contributed by atoms with van der Waals surface area (Å²) in [5.74, 6) is 2.00. The van der Waals surface area contributed by atoms with Crippen molar-refractivity contribution in [2.24, 2.45) is 5.92 Å². The van der Waals surface area contributed by atoms with E-state index in [-0.39, 0.29) is 6.10 Å². The Bertz CT molecular complexity index is 405. The average molecular weight is 281 g/mol. The molecule has 0 radical (unpaired) electrons. The van der Waals surface area contributed by atoms with Gasteiger partial charge in [-0.3, -0.25) is 0 Å². The standard InChI is InChI=1S/C16H27NO3/c1-11(2)9-17-10-14-7-6-8-15(19-5)16(14)20-13(4)12(3)18/h6-8,11-13,17-18H,9-10H2,1-5H3. The van der Waals surface area contributed by atoms with Crippen LogP contribution >= 0.6 is 0 Å². The van der Waals surface area contributed by atoms with Crippen molar-refractivity contribution in [3.63, 3.8) is 0 Å². The van der Waals surface area contributed by atoms with Crippen LogP contribution in [0.3, 0.4) is 0 Å². The number of aliphatic hydroxyl groups is 1. The first-order valence-electron chi connectivity index (χ1n) is 7.17. The predicted octanol–water partition coefficient (Wildman–Crippen LogP) is 2.59. The molecule has 4 heteroatoms. The summed E-state index contributed by atoms with van der Waals surface area (Å²) in [7, 11) is 1.63. The molecule has 4 nitrogen and oxygen atoms in total. The molecule has 1 aromatic rings. The fraction of sp³-hybridized carbons (Fsp3) is 0.625. The van der Waals surface area contributed by atoms with E-state index in [1.165, 1.54) is 0 Å². The van der Waals surface area contributed by atoms with Gasteiger partial charge < -0.3 is 19.9 Å². The van der Waals surface area contributed by atoms with Gasteiger partial charge in [-0.2, -0.15) is 0 Å². The number of benzene rings is 1. The largest absolute Gasteiger partial charge is 0.493 e. The Balaban J connectivity index is 2.86. The van der Waals surface area contributed by atoms with E-state index in [1.807, 2.05) is 25.1 Å². The number of rotatable bonds is 8. The molecule has 0 amide bonds. The van der Waals surface area contributed by atoms with Crippen LogP contribution in [-0.4, -0.2) is 31.0 Å². The molecule has 0 aliphatic rings. The van der Waals surface area contributed by atoms with Crippen molar-refractivity contribution < 1.29 is 14.6 Å². The van der Waals surface area contributed by atoms with Crippen molar-refractivity contribution in [3.8, 4) is 11.5 Å². The van der Waals surface area contributed by atoms with Crippen molar-refractivity contribution in [2.75, 3.05) is 13.7 Å². The van der Waals surface area contributed by atoms with Crippen LogP contribution < -0.4 is 14.8 Å². The molecule has 114 valence electrons. The topological polar surface area (TPSA) is 50.7 Å². The number of methoxy groups -OCH3 is 1. The summed E-state index contributed by atoms with van der Waals surface area (Å²) in [5.41, 5.74) is 1.04. The quantitative estimate of drug-likeness (QED) is 0.769. The van der Waals surface area contributed by atoms with Crippen LogP contribution in [0.2, 0.25) is 0 Å². The predicted molar refractivity (Wildman–Crippen MR) is 81.3 cm³/mol. The first kappa shape index (κ1) is 16.8. The maximum atomic E-state index is 9.60. The molecule has 1 aromatic carbocycles. The van der Waals surface area contributed by atoms with Crippen molar-refractivity contribution >= 4 is 0 Å². The smallest absolute Gasteiger partial charge is 0.166 e. The van der Waals surface area contributed by atoms with Gasteiger partial charge in [0.05, 0.1) is 13.2 Å². The minimum atomic E-state index is -0.531. The summed E-state index contributed by atoms with van der Waals surface area (Å²) in [4.78, 5) is 0. The summed E-state index contributed by atoms with van der Waals surface area (Å²) >= 11 is 0. The van der Waals surface area contributed by atoms with E-state index in [0.29, 0.717) is 17.4 Å². The molecule has 2 unspecified atom stereocenters. The van der Waals surface area contributed by atoms with Crippen LogP contribution in [0.1, 0.15) is 33.3 Å². The third-order valence-corrected chi connectivity index (χ3v) is 3.13. The average Bonchev–Trinajstić information content (AvgIpc) is 2.39. The summed E-state index contributed by atoms with van der Waals surface area (Å²) in [5, 5.41) is 13.0. The third-order valence-electron chi connectivity index (χ3n) is 3.13. The Kier molecular flexibility index (Phi) is 6.82. The highest BCUT2D eigenvalue weighted by Crippen LogP contribution is 2.32. The van der Waals surface area contributed by atoms with Gasteiger partial charge >= 0.3 is 0 Å². The Hall–Kier alpha value is -1.26. The minimum Gasteiger partial charge on any atom is -0.493 e. The highest BCUT2D eigenvalue weighted by atomic mass is 16.5. The van der Waals surface area contributed by atoms with Gasteiger partial charge in [0.25, 0.3) is 0 Å². The Labute approximate surface area is 122 Å². The molecular weight excluding hydrogens is 254 g/mol. The number of para-hydroxylation sites is 1. The molecular formula is C16H27NO3. The van der Waals surface area contributed by atoms with Gasteiger partial charge in [0.1, 0.15) is 6.10 Å². The van der Waals surface area contributed by atoms with Gasteiger partial charge in [-0.25, -0.2) is 0 Å². The van der Waals surface area contributed by atoms with E-state index in [0.717, 1.165) is 18.7 Å². The van der Waals surface area contributed by atoms with Gasteiger partial charge in [-0.15, -0.1) is 0 Å². The van der Waals surface area contributed by atoms with E-state index in [2.05, 4.69) is 19.2 Å². The van der Waals surface area contributed by atoms with E-state index in [1.54, 1.807) is 14.0 Å². The van der Waals surface area contributed by atoms with E-state index in [4.69, 9.17) is 9.47 Å². The monoisotopic (exact) mass is 281 g/mol. The molecule has 0 heterocycles. The van der Waals surface area contributed by atoms with Crippen molar-refractivity contribution in [2.45, 2.75) is 46.4 Å². The number of hydrogen-bond donors (Lipinski definition) is 2. The lowest BCUT2D eigenvalue weighted by molar-refractivity contribution is 0.0579. The Morgan fingerprint density at radius 1 is 1.20 bits per heavy atom. The van der Waals surface area contributed by atoms with Crippen LogP contribution in [0.15, 0.2) is 18.2 Å². The van der Waals surface area contributed by atoms with Gasteiger partial charge in [0.15, 0.2) is 11.5 Å². The number of ether oxygens (including phenoxy) is 2. The summed E-state index contributed by atoms with van der Waals surface area (Å²) in [6, 6.07) is 5.83. The maximum absolute atomic E-state index is 9.60. The highest BCUT2D eigenvalue weighted by molar-refractivity contribution is 5.46. The molecule has 2 atom stereocenters. The van der Waals surface area contributed by atoms with Crippen molar-refractivity contribution in [1.29, 1.82) is 0 Å². The molecule has 0 fully saturated rings. The molecule has 0 saturated heterocycles. The Morgan fingerprint density at radius 3 is 2.45 bits per heavy atom. The lowest BCUT2D eigenvalue weighted by atomic mass is 10.1. The van der Waals surface area contributed by atoms with Crippen molar-refractivity contribution in [1.82, 2.24) is 5.32 Å². The summed E-state index contributed by atoms with van der Waals surface area (Å²) < 4.78 is 11.2. The second kappa shape index (κ2) is 8.12. The normalized spacial score (nSPS) is 14.2. The number of nitrogens with one attached hydrogen (secondary N) is 1. The summed E-state index contributed by atoms with van der Waals surface area (Å²) in [6.07, 6.45) is -0.813. The second-order valence-electron chi connectivity index (χ2n) is 5.54. The molecule has 0 bridgehead atoms. The zero-order valence-corrected chi connectivity index (χ0v) is 13.1. The van der Waals surface area contributed by atoms with Crippen molar-refractivity contribution in [3.05, 3.63) is 23.8 Å². The van der Waals surface area contributed by atoms with Crippen LogP contribution in [0.4, 0.5) is 0 Å². The fourth-order valence-corrected chi connectivity index (χ4v) is 1.77. The lowest BCUT2D eigenvalue weighted by Crippen LogP contribution is -2.27. The van der Waals surface area contributed by atoms with Gasteiger partial charge in [0.2, 0.25) is 0 Å². The molecule has 0 aliphatic heterocycles. The number of hydrogen-bond acceptors (Lipinski definition) is 4. The SMILES string of the molecule is COc1cccc(CNCC(C)C)c1OC(C)C(C)O. The first-order valence-corrected chi connectivity index (χ1v) is 7.17. The van der Waals surface area contributed by atoms with Crippen LogP contribution in [-0.2, 0) is 6.54 Å². The maximum Gasteiger partial charge on any atom is 0.166 e. The fourth-order valence-electron chi connectivity index (χ4n) is 1.77. The minimum absolute atomic E-state index is 0.282. The zero-order chi connectivity index (χ0) is 15.1. The highest BCUT2D eigenvalue weighted by Gasteiger charge is 2.16. The van der Waals surface area contributed by atoms with Gasteiger partial charge in [0, 0.05) is 12.1 Å². The van der Waals surface area contributed by atoms with Crippen LogP contribution in [0.25, 0.3) is 0 Å². The van der Waals surface area contributed by atoms with Gasteiger partial charge in [-0.1, -0.05) is 26.0 Å². The molecule has 0 saturated carbocycles. The molecule has 2 N–H and O–H groups in total.